The van der Waals surface area contributed by atoms with E-state index in [1.165, 1.54) is 48.7 Å². The molecule has 0 aliphatic rings. The van der Waals surface area contributed by atoms with Gasteiger partial charge in [-0.1, -0.05) is 37.3 Å². The molecule has 0 aliphatic carbocycles. The second-order valence-electron chi connectivity index (χ2n) is 7.61. The number of ether oxygens (including phenoxy) is 1. The Morgan fingerprint density at radius 1 is 1.06 bits per heavy atom. The van der Waals surface area contributed by atoms with Crippen molar-refractivity contribution in [3.63, 3.8) is 0 Å². The summed E-state index contributed by atoms with van der Waals surface area (Å²) >= 11 is 0. The Kier molecular flexibility index (Phi) is 8.06. The Labute approximate surface area is 199 Å². The SMILES string of the molecule is CCC(=O)Nc1cc(C(C)NC(=O)c2ccc(-c3ccccc3OC(F)(F)C(F)F)cc2)ccn1. The summed E-state index contributed by atoms with van der Waals surface area (Å²) < 4.78 is 56.2. The molecular weight excluding hydrogens is 466 g/mol. The number of anilines is 1. The van der Waals surface area contributed by atoms with E-state index in [0.29, 0.717) is 23.4 Å². The van der Waals surface area contributed by atoms with Gasteiger partial charge in [0.2, 0.25) is 5.91 Å². The maximum Gasteiger partial charge on any atom is 0.461 e. The first-order chi connectivity index (χ1) is 16.6. The van der Waals surface area contributed by atoms with Gasteiger partial charge in [-0.05, 0) is 48.4 Å². The van der Waals surface area contributed by atoms with E-state index in [4.69, 9.17) is 0 Å². The number of hydrogen-bond donors (Lipinski definition) is 2. The van der Waals surface area contributed by atoms with Crippen molar-refractivity contribution in [2.45, 2.75) is 38.8 Å². The highest BCUT2D eigenvalue weighted by atomic mass is 19.3. The average molecular weight is 489 g/mol. The number of amides is 2. The summed E-state index contributed by atoms with van der Waals surface area (Å²) in [4.78, 5) is 28.4. The van der Waals surface area contributed by atoms with E-state index >= 15 is 0 Å². The van der Waals surface area contributed by atoms with E-state index in [1.54, 1.807) is 32.0 Å². The number of nitrogens with zero attached hydrogens (tertiary/aromatic N) is 1. The first-order valence-corrected chi connectivity index (χ1v) is 10.7. The van der Waals surface area contributed by atoms with Gasteiger partial charge in [-0.25, -0.2) is 4.98 Å². The molecule has 1 heterocycles. The maximum absolute atomic E-state index is 13.4. The molecule has 1 unspecified atom stereocenters. The number of hydrogen-bond acceptors (Lipinski definition) is 4. The molecule has 10 heteroatoms. The maximum atomic E-state index is 13.4. The summed E-state index contributed by atoms with van der Waals surface area (Å²) in [6.45, 7) is 3.49. The van der Waals surface area contributed by atoms with Crippen LogP contribution in [0.15, 0.2) is 66.9 Å². The van der Waals surface area contributed by atoms with Crippen molar-refractivity contribution in [2.24, 2.45) is 0 Å². The summed E-state index contributed by atoms with van der Waals surface area (Å²) in [5.41, 5.74) is 1.60. The van der Waals surface area contributed by atoms with Crippen LogP contribution in [0.1, 0.15) is 42.2 Å². The van der Waals surface area contributed by atoms with Gasteiger partial charge in [-0.15, -0.1) is 0 Å². The predicted molar refractivity (Wildman–Crippen MR) is 122 cm³/mol. The highest BCUT2D eigenvalue weighted by Crippen LogP contribution is 2.35. The van der Waals surface area contributed by atoms with Gasteiger partial charge in [0.05, 0.1) is 6.04 Å². The van der Waals surface area contributed by atoms with Crippen molar-refractivity contribution in [2.75, 3.05) is 5.32 Å². The average Bonchev–Trinajstić information content (AvgIpc) is 2.84. The van der Waals surface area contributed by atoms with Crippen molar-refractivity contribution in [3.8, 4) is 16.9 Å². The second kappa shape index (κ2) is 11.0. The van der Waals surface area contributed by atoms with Gasteiger partial charge >= 0.3 is 12.5 Å². The number of nitrogens with one attached hydrogen (secondary N) is 2. The van der Waals surface area contributed by atoms with Gasteiger partial charge < -0.3 is 15.4 Å². The molecule has 0 saturated carbocycles. The third-order valence-electron chi connectivity index (χ3n) is 5.07. The van der Waals surface area contributed by atoms with Crippen molar-refractivity contribution in [3.05, 3.63) is 78.0 Å². The number of halogens is 4. The zero-order valence-corrected chi connectivity index (χ0v) is 18.9. The molecule has 2 N–H and O–H groups in total. The van der Waals surface area contributed by atoms with Crippen LogP contribution in [-0.4, -0.2) is 29.3 Å². The number of carbonyl (C=O) groups excluding carboxylic acids is 2. The molecule has 184 valence electrons. The van der Waals surface area contributed by atoms with Crippen molar-refractivity contribution < 1.29 is 31.9 Å². The zero-order chi connectivity index (χ0) is 25.6. The number of benzene rings is 2. The van der Waals surface area contributed by atoms with E-state index in [9.17, 15) is 27.2 Å². The Morgan fingerprint density at radius 3 is 2.40 bits per heavy atom. The number of carbonyl (C=O) groups is 2. The lowest BCUT2D eigenvalue weighted by molar-refractivity contribution is -0.253. The molecule has 6 nitrogen and oxygen atoms in total. The van der Waals surface area contributed by atoms with Gasteiger partial charge in [-0.3, -0.25) is 9.59 Å². The number of pyridine rings is 1. The summed E-state index contributed by atoms with van der Waals surface area (Å²) in [5.74, 6) is -0.615. The highest BCUT2D eigenvalue weighted by Gasteiger charge is 2.44. The molecule has 3 rings (SSSR count). The third kappa shape index (κ3) is 6.56. The fourth-order valence-corrected chi connectivity index (χ4v) is 3.17. The van der Waals surface area contributed by atoms with Crippen LogP contribution in [0.5, 0.6) is 5.75 Å². The molecular formula is C25H23F4N3O3. The van der Waals surface area contributed by atoms with E-state index < -0.39 is 30.2 Å². The van der Waals surface area contributed by atoms with Crippen molar-refractivity contribution in [1.29, 1.82) is 0 Å². The van der Waals surface area contributed by atoms with Crippen molar-refractivity contribution >= 4 is 17.6 Å². The molecule has 2 aromatic carbocycles. The lowest BCUT2D eigenvalue weighted by atomic mass is 10.0. The monoisotopic (exact) mass is 489 g/mol. The minimum Gasteiger partial charge on any atom is -0.428 e. The molecule has 0 radical (unpaired) electrons. The normalized spacial score (nSPS) is 12.2. The van der Waals surface area contributed by atoms with Gasteiger partial charge in [0.25, 0.3) is 5.91 Å². The van der Waals surface area contributed by atoms with Gasteiger partial charge in [0.1, 0.15) is 11.6 Å². The lowest BCUT2D eigenvalue weighted by Gasteiger charge is -2.19. The summed E-state index contributed by atoms with van der Waals surface area (Å²) in [7, 11) is 0. The molecule has 0 spiro atoms. The summed E-state index contributed by atoms with van der Waals surface area (Å²) in [6, 6.07) is 14.5. The number of alkyl halides is 4. The van der Waals surface area contributed by atoms with E-state index in [0.717, 1.165) is 5.56 Å². The van der Waals surface area contributed by atoms with E-state index in [-0.39, 0.29) is 11.5 Å². The molecule has 35 heavy (non-hydrogen) atoms. The van der Waals surface area contributed by atoms with Gasteiger partial charge in [-0.2, -0.15) is 17.6 Å². The number of aromatic nitrogens is 1. The van der Waals surface area contributed by atoms with Crippen LogP contribution in [0, 0.1) is 0 Å². The predicted octanol–water partition coefficient (Wildman–Crippen LogP) is 5.82. The smallest absolute Gasteiger partial charge is 0.428 e. The first-order valence-electron chi connectivity index (χ1n) is 10.7. The van der Waals surface area contributed by atoms with Crippen LogP contribution >= 0.6 is 0 Å². The van der Waals surface area contributed by atoms with Crippen molar-refractivity contribution in [1.82, 2.24) is 10.3 Å². The Morgan fingerprint density at radius 2 is 1.74 bits per heavy atom. The van der Waals surface area contributed by atoms with Crippen LogP contribution in [0.25, 0.3) is 11.1 Å². The standard InChI is InChI=1S/C25H23F4N3O3/c1-3-22(33)32-21-14-18(12-13-30-21)15(2)31-23(34)17-10-8-16(9-11-17)19-6-4-5-7-20(19)35-25(28,29)24(26)27/h4-15,24H,3H2,1-2H3,(H,31,34)(H,30,32,33). The van der Waals surface area contributed by atoms with Crippen LogP contribution in [-0.2, 0) is 4.79 Å². The fourth-order valence-electron chi connectivity index (χ4n) is 3.17. The quantitative estimate of drug-likeness (QED) is 0.371. The van der Waals surface area contributed by atoms with Gasteiger partial charge in [0, 0.05) is 23.7 Å². The minimum absolute atomic E-state index is 0.173. The zero-order valence-electron chi connectivity index (χ0n) is 18.9. The molecule has 0 aliphatic heterocycles. The van der Waals surface area contributed by atoms with Crippen LogP contribution in [0.4, 0.5) is 23.4 Å². The molecule has 0 fully saturated rings. The molecule has 2 amide bonds. The fraction of sp³-hybridized carbons (Fsp3) is 0.240. The number of para-hydroxylation sites is 1. The number of rotatable bonds is 9. The van der Waals surface area contributed by atoms with Crippen LogP contribution in [0.3, 0.4) is 0 Å². The molecule has 1 aromatic heterocycles. The lowest BCUT2D eigenvalue weighted by Crippen LogP contribution is -2.33. The van der Waals surface area contributed by atoms with E-state index in [2.05, 4.69) is 20.4 Å². The van der Waals surface area contributed by atoms with Gasteiger partial charge in [0.15, 0.2) is 0 Å². The second-order valence-corrected chi connectivity index (χ2v) is 7.61. The van der Waals surface area contributed by atoms with Crippen LogP contribution in [0.2, 0.25) is 0 Å². The Hall–Kier alpha value is -3.95. The molecule has 3 aromatic rings. The summed E-state index contributed by atoms with van der Waals surface area (Å²) in [5, 5.41) is 5.49. The highest BCUT2D eigenvalue weighted by molar-refractivity contribution is 5.95. The minimum atomic E-state index is -4.64. The molecule has 0 bridgehead atoms. The van der Waals surface area contributed by atoms with Crippen LogP contribution < -0.4 is 15.4 Å². The Bertz CT molecular complexity index is 1190. The summed E-state index contributed by atoms with van der Waals surface area (Å²) in [6.07, 6.45) is -6.80. The third-order valence-corrected chi connectivity index (χ3v) is 5.07. The topological polar surface area (TPSA) is 80.3 Å². The first kappa shape index (κ1) is 25.7. The van der Waals surface area contributed by atoms with E-state index in [1.807, 2.05) is 0 Å². The Balaban J connectivity index is 1.73. The molecule has 1 atom stereocenters. The molecule has 0 saturated heterocycles. The largest absolute Gasteiger partial charge is 0.461 e.